The van der Waals surface area contributed by atoms with Crippen LogP contribution in [-0.2, 0) is 0 Å². The number of hydrogen-bond acceptors (Lipinski definition) is 5. The van der Waals surface area contributed by atoms with Gasteiger partial charge >= 0.3 is 0 Å². The van der Waals surface area contributed by atoms with E-state index in [0.29, 0.717) is 29.2 Å². The maximum Gasteiger partial charge on any atom is 0.177 e. The Kier molecular flexibility index (Phi) is 7.60. The summed E-state index contributed by atoms with van der Waals surface area (Å²) in [4.78, 5) is 38.6. The Morgan fingerprint density at radius 1 is 0.967 bits per heavy atom. The van der Waals surface area contributed by atoms with Crippen molar-refractivity contribution in [2.75, 3.05) is 32.7 Å². The largest absolute Gasteiger partial charge is 0.309 e. The van der Waals surface area contributed by atoms with Gasteiger partial charge in [0.2, 0.25) is 0 Å². The molecule has 6 heteroatoms. The maximum atomic E-state index is 13.0. The zero-order chi connectivity index (χ0) is 21.5. The minimum absolute atomic E-state index is 0.00121. The van der Waals surface area contributed by atoms with Gasteiger partial charge in [0.1, 0.15) is 5.82 Å². The molecule has 0 unspecified atom stereocenters. The number of hydrogen-bond donors (Lipinski definition) is 1. The molecule has 0 atom stereocenters. The van der Waals surface area contributed by atoms with Crippen molar-refractivity contribution in [1.82, 2.24) is 10.2 Å². The Hall–Kier alpha value is -2.70. The predicted molar refractivity (Wildman–Crippen MR) is 114 cm³/mol. The van der Waals surface area contributed by atoms with Crippen molar-refractivity contribution >= 4 is 17.3 Å². The summed E-state index contributed by atoms with van der Waals surface area (Å²) in [5, 5.41) is 3.22. The minimum Gasteiger partial charge on any atom is -0.309 e. The van der Waals surface area contributed by atoms with Crippen LogP contribution in [0.5, 0.6) is 0 Å². The summed E-state index contributed by atoms with van der Waals surface area (Å²) in [6.45, 7) is 4.38. The van der Waals surface area contributed by atoms with Crippen molar-refractivity contribution in [3.63, 3.8) is 0 Å². The summed E-state index contributed by atoms with van der Waals surface area (Å²) in [6.07, 6.45) is 1.89. The first-order valence-electron chi connectivity index (χ1n) is 10.3. The SMILES string of the molecule is CC(=O)c1ccccc1C(=O)CNCC1CCN(CC(=O)c2ccc(F)cc2)CC1. The van der Waals surface area contributed by atoms with E-state index in [2.05, 4.69) is 10.2 Å². The first-order valence-corrected chi connectivity index (χ1v) is 10.3. The highest BCUT2D eigenvalue weighted by molar-refractivity contribution is 6.08. The van der Waals surface area contributed by atoms with Crippen molar-refractivity contribution in [1.29, 1.82) is 0 Å². The van der Waals surface area contributed by atoms with E-state index in [1.807, 2.05) is 0 Å². The van der Waals surface area contributed by atoms with Gasteiger partial charge in [-0.3, -0.25) is 19.3 Å². The van der Waals surface area contributed by atoms with Gasteiger partial charge in [0.25, 0.3) is 0 Å². The lowest BCUT2D eigenvalue weighted by Crippen LogP contribution is -2.40. The highest BCUT2D eigenvalue weighted by Gasteiger charge is 2.22. The fourth-order valence-corrected chi connectivity index (χ4v) is 3.80. The lowest BCUT2D eigenvalue weighted by atomic mass is 9.96. The smallest absolute Gasteiger partial charge is 0.177 e. The highest BCUT2D eigenvalue weighted by Crippen LogP contribution is 2.17. The molecule has 5 nitrogen and oxygen atoms in total. The Balaban J connectivity index is 1.40. The third-order valence-electron chi connectivity index (χ3n) is 5.57. The monoisotopic (exact) mass is 410 g/mol. The molecule has 0 spiro atoms. The second-order valence-electron chi connectivity index (χ2n) is 7.81. The van der Waals surface area contributed by atoms with Crippen LogP contribution in [0.3, 0.4) is 0 Å². The molecule has 0 aromatic heterocycles. The number of likely N-dealkylation sites (tertiary alicyclic amines) is 1. The van der Waals surface area contributed by atoms with Crippen LogP contribution in [0, 0.1) is 11.7 Å². The number of carbonyl (C=O) groups excluding carboxylic acids is 3. The molecule has 30 heavy (non-hydrogen) atoms. The predicted octanol–water partition coefficient (Wildman–Crippen LogP) is 3.40. The van der Waals surface area contributed by atoms with E-state index in [1.165, 1.54) is 31.2 Å². The number of rotatable bonds is 9. The summed E-state index contributed by atoms with van der Waals surface area (Å²) in [6, 6.07) is 12.6. The van der Waals surface area contributed by atoms with Crippen LogP contribution in [0.1, 0.15) is 50.8 Å². The van der Waals surface area contributed by atoms with Gasteiger partial charge < -0.3 is 5.32 Å². The van der Waals surface area contributed by atoms with Gasteiger partial charge in [0.05, 0.1) is 13.1 Å². The van der Waals surface area contributed by atoms with Crippen LogP contribution >= 0.6 is 0 Å². The summed E-state index contributed by atoms with van der Waals surface area (Å²) in [7, 11) is 0. The number of nitrogens with one attached hydrogen (secondary N) is 1. The molecule has 158 valence electrons. The number of piperidine rings is 1. The average Bonchev–Trinajstić information content (AvgIpc) is 2.75. The van der Waals surface area contributed by atoms with E-state index in [0.717, 1.165) is 32.5 Å². The molecule has 0 bridgehead atoms. The number of benzene rings is 2. The lowest BCUT2D eigenvalue weighted by Gasteiger charge is -2.31. The molecule has 1 heterocycles. The highest BCUT2D eigenvalue weighted by atomic mass is 19.1. The van der Waals surface area contributed by atoms with Crippen molar-refractivity contribution in [3.05, 3.63) is 71.0 Å². The summed E-state index contributed by atoms with van der Waals surface area (Å²) < 4.78 is 13.0. The molecule has 0 radical (unpaired) electrons. The molecular formula is C24H27FN2O3. The Bertz CT molecular complexity index is 903. The second-order valence-corrected chi connectivity index (χ2v) is 7.81. The molecule has 0 amide bonds. The molecule has 2 aromatic rings. The standard InChI is InChI=1S/C24H27FN2O3/c1-17(28)21-4-2-3-5-22(21)23(29)15-26-14-18-10-12-27(13-11-18)16-24(30)19-6-8-20(25)9-7-19/h2-9,18,26H,10-16H2,1H3. The second kappa shape index (κ2) is 10.4. The van der Waals surface area contributed by atoms with Gasteiger partial charge in [-0.25, -0.2) is 4.39 Å². The van der Waals surface area contributed by atoms with E-state index in [4.69, 9.17) is 0 Å². The van der Waals surface area contributed by atoms with E-state index in [-0.39, 0.29) is 29.7 Å². The van der Waals surface area contributed by atoms with Gasteiger partial charge in [-0.1, -0.05) is 24.3 Å². The molecule has 0 aliphatic carbocycles. The molecular weight excluding hydrogens is 383 g/mol. The molecule has 1 aliphatic rings. The number of nitrogens with zero attached hydrogens (tertiary/aromatic N) is 1. The normalized spacial score (nSPS) is 15.1. The van der Waals surface area contributed by atoms with E-state index in [1.54, 1.807) is 24.3 Å². The summed E-state index contributed by atoms with van der Waals surface area (Å²) in [5.41, 5.74) is 1.46. The summed E-state index contributed by atoms with van der Waals surface area (Å²) >= 11 is 0. The van der Waals surface area contributed by atoms with Gasteiger partial charge in [-0.05, 0) is 69.6 Å². The number of ketones is 3. The minimum atomic E-state index is -0.344. The first-order chi connectivity index (χ1) is 14.4. The van der Waals surface area contributed by atoms with E-state index >= 15 is 0 Å². The molecule has 3 rings (SSSR count). The Morgan fingerprint density at radius 3 is 2.23 bits per heavy atom. The zero-order valence-corrected chi connectivity index (χ0v) is 17.2. The van der Waals surface area contributed by atoms with Gasteiger partial charge in [0.15, 0.2) is 17.3 Å². The van der Waals surface area contributed by atoms with Crippen molar-refractivity contribution in [2.24, 2.45) is 5.92 Å². The lowest BCUT2D eigenvalue weighted by molar-refractivity contribution is 0.0891. The summed E-state index contributed by atoms with van der Waals surface area (Å²) in [5.74, 6) is -0.0907. The first kappa shape index (κ1) is 22.0. The van der Waals surface area contributed by atoms with Crippen molar-refractivity contribution in [3.8, 4) is 0 Å². The van der Waals surface area contributed by atoms with Crippen LogP contribution in [0.15, 0.2) is 48.5 Å². The molecule has 1 N–H and O–H groups in total. The molecule has 1 aliphatic heterocycles. The fraction of sp³-hybridized carbons (Fsp3) is 0.375. The Morgan fingerprint density at radius 2 is 1.60 bits per heavy atom. The molecule has 1 fully saturated rings. The van der Waals surface area contributed by atoms with Gasteiger partial charge in [-0.15, -0.1) is 0 Å². The maximum absolute atomic E-state index is 13.0. The molecule has 1 saturated heterocycles. The van der Waals surface area contributed by atoms with E-state index < -0.39 is 0 Å². The van der Waals surface area contributed by atoms with Crippen LogP contribution in [0.25, 0.3) is 0 Å². The van der Waals surface area contributed by atoms with Crippen LogP contribution < -0.4 is 5.32 Å². The number of halogens is 1. The van der Waals surface area contributed by atoms with Gasteiger partial charge in [-0.2, -0.15) is 0 Å². The molecule has 2 aromatic carbocycles. The average molecular weight is 410 g/mol. The topological polar surface area (TPSA) is 66.5 Å². The Labute approximate surface area is 176 Å². The van der Waals surface area contributed by atoms with Crippen molar-refractivity contribution in [2.45, 2.75) is 19.8 Å². The van der Waals surface area contributed by atoms with Crippen molar-refractivity contribution < 1.29 is 18.8 Å². The van der Waals surface area contributed by atoms with Crippen LogP contribution in [0.4, 0.5) is 4.39 Å². The van der Waals surface area contributed by atoms with E-state index in [9.17, 15) is 18.8 Å². The fourth-order valence-electron chi connectivity index (χ4n) is 3.80. The number of Topliss-reactive ketones (excluding diaryl/α,β-unsaturated/α-hetero) is 3. The zero-order valence-electron chi connectivity index (χ0n) is 17.2. The van der Waals surface area contributed by atoms with Gasteiger partial charge in [0, 0.05) is 16.7 Å². The quantitative estimate of drug-likeness (QED) is 0.642. The third-order valence-corrected chi connectivity index (χ3v) is 5.57. The number of carbonyl (C=O) groups is 3. The van der Waals surface area contributed by atoms with Crippen LogP contribution in [0.2, 0.25) is 0 Å². The third kappa shape index (κ3) is 5.90. The van der Waals surface area contributed by atoms with Crippen LogP contribution in [-0.4, -0.2) is 55.0 Å². The molecule has 0 saturated carbocycles.